The molecule has 3 heteroatoms. The first-order valence-corrected chi connectivity index (χ1v) is 8.14. The molecule has 0 unspecified atom stereocenters. The molecule has 2 fully saturated rings. The van der Waals surface area contributed by atoms with E-state index in [4.69, 9.17) is 4.74 Å². The largest absolute Gasteiger partial charge is 0.474 e. The summed E-state index contributed by atoms with van der Waals surface area (Å²) in [5.41, 5.74) is 1.14. The Balaban J connectivity index is 0.000000704. The van der Waals surface area contributed by atoms with E-state index in [0.717, 1.165) is 24.0 Å². The highest BCUT2D eigenvalue weighted by Gasteiger charge is 2.23. The van der Waals surface area contributed by atoms with E-state index in [1.165, 1.54) is 38.8 Å². The number of hydrogen-bond acceptors (Lipinski definition) is 3. The monoisotopic (exact) mass is 276 g/mol. The molecule has 1 saturated heterocycles. The van der Waals surface area contributed by atoms with Gasteiger partial charge in [-0.1, -0.05) is 26.8 Å². The van der Waals surface area contributed by atoms with Gasteiger partial charge >= 0.3 is 0 Å². The van der Waals surface area contributed by atoms with Gasteiger partial charge in [0, 0.05) is 25.7 Å². The van der Waals surface area contributed by atoms with E-state index in [0.29, 0.717) is 6.10 Å². The van der Waals surface area contributed by atoms with Crippen molar-refractivity contribution in [3.63, 3.8) is 0 Å². The van der Waals surface area contributed by atoms with E-state index in [9.17, 15) is 0 Å². The number of aromatic nitrogens is 1. The van der Waals surface area contributed by atoms with Gasteiger partial charge in [-0.3, -0.25) is 4.90 Å². The quantitative estimate of drug-likeness (QED) is 0.834. The highest BCUT2D eigenvalue weighted by Crippen LogP contribution is 2.23. The van der Waals surface area contributed by atoms with Gasteiger partial charge in [0.1, 0.15) is 6.10 Å². The lowest BCUT2D eigenvalue weighted by Gasteiger charge is -2.36. The minimum atomic E-state index is 0.400. The number of likely N-dealkylation sites (tertiary alicyclic amines) is 1. The number of nitrogens with zero attached hydrogens (tertiary/aromatic N) is 2. The number of rotatable bonds is 4. The fraction of sp³-hybridized carbons (Fsp3) is 0.706. The molecule has 3 rings (SSSR count). The maximum Gasteiger partial charge on any atom is 0.213 e. The zero-order valence-electron chi connectivity index (χ0n) is 13.1. The summed E-state index contributed by atoms with van der Waals surface area (Å²) in [6, 6.07) is 6.15. The Bertz CT molecular complexity index is 396. The summed E-state index contributed by atoms with van der Waals surface area (Å²) >= 11 is 0. The van der Waals surface area contributed by atoms with Crippen molar-refractivity contribution in [2.75, 3.05) is 13.1 Å². The maximum absolute atomic E-state index is 5.94. The molecule has 1 aliphatic heterocycles. The first-order chi connectivity index (χ1) is 9.79. The molecule has 20 heavy (non-hydrogen) atoms. The highest BCUT2D eigenvalue weighted by molar-refractivity contribution is 5.16. The molecule has 2 heterocycles. The molecule has 2 aliphatic rings. The van der Waals surface area contributed by atoms with Crippen LogP contribution in [-0.4, -0.2) is 29.1 Å². The molecule has 0 radical (unpaired) electrons. The van der Waals surface area contributed by atoms with Crippen LogP contribution in [0.2, 0.25) is 0 Å². The topological polar surface area (TPSA) is 25.4 Å². The van der Waals surface area contributed by atoms with Gasteiger partial charge in [0.15, 0.2) is 0 Å². The Morgan fingerprint density at radius 1 is 1.20 bits per heavy atom. The molecule has 1 aromatic rings. The molecular weight excluding hydrogens is 248 g/mol. The van der Waals surface area contributed by atoms with Crippen molar-refractivity contribution in [1.82, 2.24) is 9.88 Å². The van der Waals surface area contributed by atoms with Crippen molar-refractivity contribution in [3.8, 4) is 5.88 Å². The van der Waals surface area contributed by atoms with E-state index in [1.54, 1.807) is 0 Å². The first-order valence-electron chi connectivity index (χ1n) is 8.14. The van der Waals surface area contributed by atoms with Gasteiger partial charge in [0.2, 0.25) is 5.88 Å². The molecule has 1 aliphatic carbocycles. The molecular formula is C17H28N2O. The summed E-state index contributed by atoms with van der Waals surface area (Å²) in [6.07, 6.45) is 5.38. The van der Waals surface area contributed by atoms with E-state index < -0.39 is 0 Å². The molecule has 1 aromatic heterocycles. The van der Waals surface area contributed by atoms with Crippen LogP contribution in [0, 0.1) is 5.92 Å². The first kappa shape index (κ1) is 15.3. The van der Waals surface area contributed by atoms with Crippen LogP contribution in [0.15, 0.2) is 18.2 Å². The maximum atomic E-state index is 5.94. The summed E-state index contributed by atoms with van der Waals surface area (Å²) < 4.78 is 5.94. The minimum absolute atomic E-state index is 0.400. The molecule has 1 saturated carbocycles. The summed E-state index contributed by atoms with van der Waals surface area (Å²) in [4.78, 5) is 7.06. The SMILES string of the molecule is CC.CC1CN(Cc2cccc(OC3CCCC3)n2)C1. The van der Waals surface area contributed by atoms with Crippen LogP contribution in [0.5, 0.6) is 5.88 Å². The van der Waals surface area contributed by atoms with Crippen LogP contribution in [0.1, 0.15) is 52.1 Å². The van der Waals surface area contributed by atoms with Crippen LogP contribution in [0.4, 0.5) is 0 Å². The van der Waals surface area contributed by atoms with Crippen LogP contribution >= 0.6 is 0 Å². The van der Waals surface area contributed by atoms with Crippen molar-refractivity contribution < 1.29 is 4.74 Å². The van der Waals surface area contributed by atoms with Crippen molar-refractivity contribution >= 4 is 0 Å². The fourth-order valence-corrected chi connectivity index (χ4v) is 2.97. The zero-order chi connectivity index (χ0) is 14.4. The predicted molar refractivity (Wildman–Crippen MR) is 82.9 cm³/mol. The number of pyridine rings is 1. The van der Waals surface area contributed by atoms with Crippen LogP contribution in [0.25, 0.3) is 0 Å². The molecule has 0 spiro atoms. The second kappa shape index (κ2) is 7.63. The zero-order valence-corrected chi connectivity index (χ0v) is 13.1. The standard InChI is InChI=1S/C15H22N2O.C2H6/c1-12-9-17(10-12)11-13-5-4-8-15(16-13)18-14-6-2-3-7-14;1-2/h4-5,8,12,14H,2-3,6-7,9-11H2,1H3;1-2H3. The van der Waals surface area contributed by atoms with E-state index in [2.05, 4.69) is 28.9 Å². The van der Waals surface area contributed by atoms with E-state index >= 15 is 0 Å². The molecule has 0 amide bonds. The molecule has 0 bridgehead atoms. The van der Waals surface area contributed by atoms with Gasteiger partial charge < -0.3 is 4.74 Å². The lowest BCUT2D eigenvalue weighted by molar-refractivity contribution is 0.103. The third-order valence-corrected chi connectivity index (χ3v) is 3.90. The third kappa shape index (κ3) is 4.20. The van der Waals surface area contributed by atoms with E-state index in [-0.39, 0.29) is 0 Å². The molecule has 3 nitrogen and oxygen atoms in total. The predicted octanol–water partition coefficient (Wildman–Crippen LogP) is 3.88. The van der Waals surface area contributed by atoms with Gasteiger partial charge in [-0.2, -0.15) is 0 Å². The Morgan fingerprint density at radius 3 is 2.55 bits per heavy atom. The molecule has 0 N–H and O–H groups in total. The number of hydrogen-bond donors (Lipinski definition) is 0. The average molecular weight is 276 g/mol. The van der Waals surface area contributed by atoms with Crippen LogP contribution in [0.3, 0.4) is 0 Å². The van der Waals surface area contributed by atoms with Crippen molar-refractivity contribution in [2.45, 2.75) is 59.1 Å². The highest BCUT2D eigenvalue weighted by atomic mass is 16.5. The molecule has 112 valence electrons. The summed E-state index contributed by atoms with van der Waals surface area (Å²) in [5.74, 6) is 1.66. The van der Waals surface area contributed by atoms with Gasteiger partial charge in [-0.05, 0) is 37.7 Å². The molecule has 0 atom stereocenters. The smallest absolute Gasteiger partial charge is 0.213 e. The van der Waals surface area contributed by atoms with Gasteiger partial charge in [0.05, 0.1) is 5.69 Å². The fourth-order valence-electron chi connectivity index (χ4n) is 2.97. The Morgan fingerprint density at radius 2 is 1.90 bits per heavy atom. The summed E-state index contributed by atoms with van der Waals surface area (Å²) in [5, 5.41) is 0. The van der Waals surface area contributed by atoms with Crippen LogP contribution < -0.4 is 4.74 Å². The van der Waals surface area contributed by atoms with Gasteiger partial charge in [0.25, 0.3) is 0 Å². The van der Waals surface area contributed by atoms with Crippen molar-refractivity contribution in [2.24, 2.45) is 5.92 Å². The normalized spacial score (nSPS) is 20.1. The van der Waals surface area contributed by atoms with Gasteiger partial charge in [-0.15, -0.1) is 0 Å². The van der Waals surface area contributed by atoms with Crippen molar-refractivity contribution in [3.05, 3.63) is 23.9 Å². The number of ether oxygens (including phenoxy) is 1. The second-order valence-corrected chi connectivity index (χ2v) is 5.79. The summed E-state index contributed by atoms with van der Waals surface area (Å²) in [6.45, 7) is 9.67. The Labute approximate surface area is 123 Å². The van der Waals surface area contributed by atoms with Crippen molar-refractivity contribution in [1.29, 1.82) is 0 Å². The Kier molecular flexibility index (Phi) is 5.84. The van der Waals surface area contributed by atoms with E-state index in [1.807, 2.05) is 19.9 Å². The average Bonchev–Trinajstić information content (AvgIpc) is 2.93. The Hall–Kier alpha value is -1.09. The summed E-state index contributed by atoms with van der Waals surface area (Å²) in [7, 11) is 0. The minimum Gasteiger partial charge on any atom is -0.474 e. The van der Waals surface area contributed by atoms with Crippen LogP contribution in [-0.2, 0) is 6.54 Å². The molecule has 0 aromatic carbocycles. The third-order valence-electron chi connectivity index (χ3n) is 3.90. The second-order valence-electron chi connectivity index (χ2n) is 5.79. The lowest BCUT2D eigenvalue weighted by atomic mass is 10.0. The lowest BCUT2D eigenvalue weighted by Crippen LogP contribution is -2.44. The van der Waals surface area contributed by atoms with Gasteiger partial charge in [-0.25, -0.2) is 4.98 Å².